The van der Waals surface area contributed by atoms with Crippen molar-refractivity contribution in [1.29, 1.82) is 0 Å². The molecule has 11 heteroatoms. The highest BCUT2D eigenvalue weighted by Gasteiger charge is 2.51. The SMILES string of the molecule is COc1ccc(CN2C(=O)CCc3c(OC[C@@]4(O)CCN(c5ncc(Cl)cc5Cl)C[C@]4(C)O)ccc(F)c32)cc1. The van der Waals surface area contributed by atoms with Crippen LogP contribution < -0.4 is 19.3 Å². The molecule has 0 saturated carbocycles. The number of aromatic nitrogens is 1. The quantitative estimate of drug-likeness (QED) is 0.409. The van der Waals surface area contributed by atoms with E-state index in [0.29, 0.717) is 45.9 Å². The molecule has 0 aliphatic carbocycles. The maximum atomic E-state index is 15.2. The van der Waals surface area contributed by atoms with E-state index in [1.165, 1.54) is 30.2 Å². The molecular weight excluding hydrogens is 560 g/mol. The Labute approximate surface area is 241 Å². The Morgan fingerprint density at radius 1 is 1.12 bits per heavy atom. The largest absolute Gasteiger partial charge is 0.497 e. The van der Waals surface area contributed by atoms with Gasteiger partial charge in [0, 0.05) is 24.7 Å². The van der Waals surface area contributed by atoms with Crippen LogP contribution >= 0.6 is 23.2 Å². The van der Waals surface area contributed by atoms with Crippen molar-refractivity contribution in [2.24, 2.45) is 0 Å². The van der Waals surface area contributed by atoms with E-state index in [9.17, 15) is 15.0 Å². The van der Waals surface area contributed by atoms with Gasteiger partial charge in [-0.15, -0.1) is 0 Å². The number of aliphatic hydroxyl groups is 2. The number of anilines is 2. The van der Waals surface area contributed by atoms with Gasteiger partial charge in [-0.3, -0.25) is 4.79 Å². The molecule has 1 amide bonds. The van der Waals surface area contributed by atoms with E-state index in [1.807, 2.05) is 12.1 Å². The molecule has 2 N–H and O–H groups in total. The number of carbonyl (C=O) groups is 1. The molecule has 1 aromatic heterocycles. The first-order valence-corrected chi connectivity index (χ1v) is 13.7. The lowest BCUT2D eigenvalue weighted by Crippen LogP contribution is -2.66. The molecule has 8 nitrogen and oxygen atoms in total. The summed E-state index contributed by atoms with van der Waals surface area (Å²) in [6, 6.07) is 11.6. The number of piperidine rings is 1. The van der Waals surface area contributed by atoms with Crippen LogP contribution in [-0.2, 0) is 17.8 Å². The molecule has 2 aliphatic rings. The number of ether oxygens (including phenoxy) is 2. The number of pyridine rings is 1. The standard InChI is InChI=1S/C29H30Cl2FN3O5/c1-28(37)16-34(27-22(31)13-19(30)14-33-27)12-11-29(28,38)17-40-24-9-8-23(32)26-21(24)7-10-25(36)35(26)15-18-3-5-20(39-2)6-4-18/h3-6,8-9,13-14,37-38H,7,10-12,15-17H2,1-2H3/t28-,29-/m0/s1. The fourth-order valence-electron chi connectivity index (χ4n) is 5.26. The minimum absolute atomic E-state index is 0.0485. The lowest BCUT2D eigenvalue weighted by molar-refractivity contribution is -0.166. The first-order chi connectivity index (χ1) is 19.0. The Kier molecular flexibility index (Phi) is 7.85. The van der Waals surface area contributed by atoms with Gasteiger partial charge in [0.25, 0.3) is 0 Å². The van der Waals surface area contributed by atoms with Crippen LogP contribution in [0.25, 0.3) is 0 Å². The van der Waals surface area contributed by atoms with E-state index in [-0.39, 0.29) is 44.1 Å². The fraction of sp³-hybridized carbons (Fsp3) is 0.379. The number of halogens is 3. The molecule has 3 aromatic rings. The molecule has 0 spiro atoms. The van der Waals surface area contributed by atoms with Crippen LogP contribution in [0.2, 0.25) is 10.0 Å². The second-order valence-corrected chi connectivity index (χ2v) is 11.3. The normalized spacial score (nSPS) is 22.7. The first-order valence-electron chi connectivity index (χ1n) is 12.9. The van der Waals surface area contributed by atoms with Gasteiger partial charge in [-0.2, -0.15) is 0 Å². The minimum Gasteiger partial charge on any atom is -0.497 e. The van der Waals surface area contributed by atoms with E-state index in [4.69, 9.17) is 32.7 Å². The predicted octanol–water partition coefficient (Wildman–Crippen LogP) is 4.79. The van der Waals surface area contributed by atoms with Crippen molar-refractivity contribution < 1.29 is 28.9 Å². The average Bonchev–Trinajstić information content (AvgIpc) is 2.92. The van der Waals surface area contributed by atoms with Crippen LogP contribution in [-0.4, -0.2) is 59.1 Å². The maximum Gasteiger partial charge on any atom is 0.227 e. The summed E-state index contributed by atoms with van der Waals surface area (Å²) in [6.45, 7) is 1.89. The van der Waals surface area contributed by atoms with Gasteiger partial charge in [0.1, 0.15) is 40.9 Å². The summed E-state index contributed by atoms with van der Waals surface area (Å²) in [7, 11) is 1.57. The molecule has 3 heterocycles. The van der Waals surface area contributed by atoms with Gasteiger partial charge in [0.2, 0.25) is 5.91 Å². The van der Waals surface area contributed by atoms with Crippen LogP contribution in [0.15, 0.2) is 48.7 Å². The summed E-state index contributed by atoms with van der Waals surface area (Å²) < 4.78 is 26.4. The van der Waals surface area contributed by atoms with Crippen LogP contribution in [0, 0.1) is 5.82 Å². The van der Waals surface area contributed by atoms with Crippen molar-refractivity contribution in [2.45, 2.75) is 43.9 Å². The summed E-state index contributed by atoms with van der Waals surface area (Å²) in [5.74, 6) is 0.780. The highest BCUT2D eigenvalue weighted by molar-refractivity contribution is 6.36. The van der Waals surface area contributed by atoms with Gasteiger partial charge in [0.05, 0.1) is 35.9 Å². The lowest BCUT2D eigenvalue weighted by atomic mass is 9.78. The second-order valence-electron chi connectivity index (χ2n) is 10.4. The van der Waals surface area contributed by atoms with Crippen molar-refractivity contribution in [1.82, 2.24) is 4.98 Å². The molecule has 2 atom stereocenters. The van der Waals surface area contributed by atoms with Gasteiger partial charge >= 0.3 is 0 Å². The summed E-state index contributed by atoms with van der Waals surface area (Å²) in [4.78, 5) is 20.4. The van der Waals surface area contributed by atoms with Crippen molar-refractivity contribution in [3.63, 3.8) is 0 Å². The molecule has 40 heavy (non-hydrogen) atoms. The van der Waals surface area contributed by atoms with Crippen molar-refractivity contribution in [3.05, 3.63) is 75.7 Å². The molecule has 5 rings (SSSR count). The number of β-amino-alcohol motifs (C(OH)–C–C–N with tert-alkyl or cyclic N) is 1. The maximum absolute atomic E-state index is 15.2. The van der Waals surface area contributed by atoms with E-state index in [1.54, 1.807) is 30.2 Å². The first kappa shape index (κ1) is 28.4. The van der Waals surface area contributed by atoms with Crippen LogP contribution in [0.1, 0.15) is 30.9 Å². The lowest BCUT2D eigenvalue weighted by Gasteiger charge is -2.49. The van der Waals surface area contributed by atoms with Crippen LogP contribution in [0.5, 0.6) is 11.5 Å². The molecule has 1 saturated heterocycles. The second kappa shape index (κ2) is 11.0. The number of hydrogen-bond donors (Lipinski definition) is 2. The molecule has 0 unspecified atom stereocenters. The summed E-state index contributed by atoms with van der Waals surface area (Å²) in [5.41, 5.74) is -1.67. The van der Waals surface area contributed by atoms with E-state index in [2.05, 4.69) is 4.98 Å². The van der Waals surface area contributed by atoms with E-state index < -0.39 is 17.0 Å². The Balaban J connectivity index is 1.35. The number of carbonyl (C=O) groups excluding carboxylic acids is 1. The zero-order valence-corrected chi connectivity index (χ0v) is 23.7. The number of nitrogens with zero attached hydrogens (tertiary/aromatic N) is 3. The summed E-state index contributed by atoms with van der Waals surface area (Å²) in [6.07, 6.45) is 2.12. The third-order valence-electron chi connectivity index (χ3n) is 7.70. The molecule has 1 fully saturated rings. The Morgan fingerprint density at radius 3 is 2.55 bits per heavy atom. The average molecular weight is 590 g/mol. The molecular formula is C29H30Cl2FN3O5. The molecule has 0 bridgehead atoms. The fourth-order valence-corrected chi connectivity index (χ4v) is 5.76. The third kappa shape index (κ3) is 5.43. The highest BCUT2D eigenvalue weighted by atomic mass is 35.5. The summed E-state index contributed by atoms with van der Waals surface area (Å²) in [5, 5.41) is 23.6. The number of rotatable bonds is 7. The molecule has 212 valence electrons. The van der Waals surface area contributed by atoms with Crippen molar-refractivity contribution in [3.8, 4) is 11.5 Å². The zero-order valence-electron chi connectivity index (χ0n) is 22.2. The highest BCUT2D eigenvalue weighted by Crippen LogP contribution is 2.40. The summed E-state index contributed by atoms with van der Waals surface area (Å²) >= 11 is 12.3. The van der Waals surface area contributed by atoms with Gasteiger partial charge in [-0.1, -0.05) is 35.3 Å². The van der Waals surface area contributed by atoms with E-state index in [0.717, 1.165) is 5.56 Å². The molecule has 0 radical (unpaired) electrons. The number of benzene rings is 2. The number of methoxy groups -OCH3 is 1. The Morgan fingerprint density at radius 2 is 1.88 bits per heavy atom. The van der Waals surface area contributed by atoms with Gasteiger partial charge in [-0.05, 0) is 55.7 Å². The molecule has 2 aromatic carbocycles. The topological polar surface area (TPSA) is 95.4 Å². The predicted molar refractivity (Wildman–Crippen MR) is 151 cm³/mol. The monoisotopic (exact) mass is 589 g/mol. The third-order valence-corrected chi connectivity index (χ3v) is 8.19. The molecule has 2 aliphatic heterocycles. The number of fused-ring (bicyclic) bond motifs is 1. The van der Waals surface area contributed by atoms with Gasteiger partial charge < -0.3 is 29.5 Å². The van der Waals surface area contributed by atoms with Crippen LogP contribution in [0.4, 0.5) is 15.9 Å². The van der Waals surface area contributed by atoms with E-state index >= 15 is 4.39 Å². The van der Waals surface area contributed by atoms with Crippen LogP contribution in [0.3, 0.4) is 0 Å². The zero-order chi connectivity index (χ0) is 28.7. The Bertz CT molecular complexity index is 1420. The van der Waals surface area contributed by atoms with Gasteiger partial charge in [-0.25, -0.2) is 9.37 Å². The van der Waals surface area contributed by atoms with Gasteiger partial charge in [0.15, 0.2) is 0 Å². The van der Waals surface area contributed by atoms with Crippen molar-refractivity contribution >= 4 is 40.6 Å². The Hall–Kier alpha value is -3.11. The number of hydrogen-bond acceptors (Lipinski definition) is 7. The van der Waals surface area contributed by atoms with Crippen molar-refractivity contribution in [2.75, 3.05) is 36.6 Å². The number of amides is 1. The smallest absolute Gasteiger partial charge is 0.227 e. The minimum atomic E-state index is -1.61.